The van der Waals surface area contributed by atoms with Crippen LogP contribution in [-0.4, -0.2) is 36.5 Å². The summed E-state index contributed by atoms with van der Waals surface area (Å²) in [6.45, 7) is 5.93. The van der Waals surface area contributed by atoms with Crippen LogP contribution in [0.3, 0.4) is 0 Å². The quantitative estimate of drug-likeness (QED) is 0.776. The zero-order valence-corrected chi connectivity index (χ0v) is 13.7. The van der Waals surface area contributed by atoms with Gasteiger partial charge in [-0.05, 0) is 50.0 Å². The first-order valence-electron chi connectivity index (χ1n) is 8.55. The fraction of sp³-hybridized carbons (Fsp3) is 0.611. The van der Waals surface area contributed by atoms with Crippen molar-refractivity contribution in [1.29, 1.82) is 0 Å². The average Bonchev–Trinajstić information content (AvgIpc) is 3.04. The lowest BCUT2D eigenvalue weighted by atomic mass is 10.1. The second kappa shape index (κ2) is 8.91. The smallest absolute Gasteiger partial charge is 0.251 e. The summed E-state index contributed by atoms with van der Waals surface area (Å²) in [7, 11) is 0. The summed E-state index contributed by atoms with van der Waals surface area (Å²) < 4.78 is 0. The van der Waals surface area contributed by atoms with E-state index in [1.165, 1.54) is 31.5 Å². The topological polar surface area (TPSA) is 58.4 Å². The van der Waals surface area contributed by atoms with Crippen molar-refractivity contribution >= 4 is 5.91 Å². The van der Waals surface area contributed by atoms with Crippen molar-refractivity contribution in [3.8, 4) is 0 Å². The van der Waals surface area contributed by atoms with Gasteiger partial charge in [-0.3, -0.25) is 9.69 Å². The van der Waals surface area contributed by atoms with E-state index in [0.29, 0.717) is 6.54 Å². The van der Waals surface area contributed by atoms with Gasteiger partial charge in [0.2, 0.25) is 0 Å². The van der Waals surface area contributed by atoms with Crippen molar-refractivity contribution in [2.24, 2.45) is 5.73 Å². The van der Waals surface area contributed by atoms with Gasteiger partial charge in [0.05, 0.1) is 0 Å². The SMILES string of the molecule is CCCCC(CN)NC(=O)c1cccc(CN2CCCC2)c1. The summed E-state index contributed by atoms with van der Waals surface area (Å²) in [5, 5.41) is 3.06. The molecule has 1 aromatic rings. The van der Waals surface area contributed by atoms with Crippen LogP contribution in [0.1, 0.15) is 54.9 Å². The third-order valence-corrected chi connectivity index (χ3v) is 4.32. The van der Waals surface area contributed by atoms with Gasteiger partial charge < -0.3 is 11.1 Å². The van der Waals surface area contributed by atoms with Crippen LogP contribution in [0.5, 0.6) is 0 Å². The largest absolute Gasteiger partial charge is 0.348 e. The molecule has 1 unspecified atom stereocenters. The van der Waals surface area contributed by atoms with Crippen molar-refractivity contribution in [2.45, 2.75) is 51.6 Å². The Morgan fingerprint density at radius 3 is 2.82 bits per heavy atom. The number of nitrogens with one attached hydrogen (secondary N) is 1. The molecule has 1 amide bonds. The van der Waals surface area contributed by atoms with Crippen LogP contribution in [-0.2, 0) is 6.54 Å². The molecular formula is C18H29N3O. The molecule has 0 radical (unpaired) electrons. The number of rotatable bonds is 8. The summed E-state index contributed by atoms with van der Waals surface area (Å²) in [5.41, 5.74) is 7.71. The zero-order valence-electron chi connectivity index (χ0n) is 13.7. The fourth-order valence-corrected chi connectivity index (χ4v) is 2.98. The Balaban J connectivity index is 1.93. The highest BCUT2D eigenvalue weighted by molar-refractivity contribution is 5.94. The molecule has 4 nitrogen and oxygen atoms in total. The number of benzene rings is 1. The molecule has 3 N–H and O–H groups in total. The molecule has 2 rings (SSSR count). The van der Waals surface area contributed by atoms with Gasteiger partial charge in [-0.25, -0.2) is 0 Å². The van der Waals surface area contributed by atoms with Crippen molar-refractivity contribution in [3.05, 3.63) is 35.4 Å². The van der Waals surface area contributed by atoms with Crippen LogP contribution < -0.4 is 11.1 Å². The van der Waals surface area contributed by atoms with Gasteiger partial charge in [-0.2, -0.15) is 0 Å². The third kappa shape index (κ3) is 5.11. The minimum Gasteiger partial charge on any atom is -0.348 e. The van der Waals surface area contributed by atoms with Crippen molar-refractivity contribution in [3.63, 3.8) is 0 Å². The maximum Gasteiger partial charge on any atom is 0.251 e. The minimum atomic E-state index is -0.00479. The Bertz CT molecular complexity index is 469. The van der Waals surface area contributed by atoms with E-state index < -0.39 is 0 Å². The lowest BCUT2D eigenvalue weighted by Gasteiger charge is -2.18. The Hall–Kier alpha value is -1.39. The van der Waals surface area contributed by atoms with E-state index in [1.807, 2.05) is 18.2 Å². The number of carbonyl (C=O) groups is 1. The molecule has 22 heavy (non-hydrogen) atoms. The average molecular weight is 303 g/mol. The van der Waals surface area contributed by atoms with E-state index in [4.69, 9.17) is 5.73 Å². The van der Waals surface area contributed by atoms with Gasteiger partial charge in [0, 0.05) is 24.7 Å². The molecule has 0 spiro atoms. The van der Waals surface area contributed by atoms with Gasteiger partial charge >= 0.3 is 0 Å². The molecular weight excluding hydrogens is 274 g/mol. The van der Waals surface area contributed by atoms with Crippen LogP contribution in [0, 0.1) is 0 Å². The number of amides is 1. The second-order valence-corrected chi connectivity index (χ2v) is 6.23. The first kappa shape index (κ1) is 17.0. The first-order valence-corrected chi connectivity index (χ1v) is 8.55. The second-order valence-electron chi connectivity index (χ2n) is 6.23. The molecule has 1 atom stereocenters. The molecule has 1 heterocycles. The van der Waals surface area contributed by atoms with Crippen LogP contribution in [0.15, 0.2) is 24.3 Å². The van der Waals surface area contributed by atoms with Crippen molar-refractivity contribution in [1.82, 2.24) is 10.2 Å². The highest BCUT2D eigenvalue weighted by Gasteiger charge is 2.14. The number of carbonyl (C=O) groups excluding carboxylic acids is 1. The van der Waals surface area contributed by atoms with Crippen LogP contribution >= 0.6 is 0 Å². The van der Waals surface area contributed by atoms with Crippen LogP contribution in [0.25, 0.3) is 0 Å². The number of unbranched alkanes of at least 4 members (excludes halogenated alkanes) is 1. The zero-order chi connectivity index (χ0) is 15.8. The molecule has 0 aromatic heterocycles. The van der Waals surface area contributed by atoms with E-state index >= 15 is 0 Å². The molecule has 1 aromatic carbocycles. The number of likely N-dealkylation sites (tertiary alicyclic amines) is 1. The molecule has 0 aliphatic carbocycles. The molecule has 1 saturated heterocycles. The number of hydrogen-bond donors (Lipinski definition) is 2. The highest BCUT2D eigenvalue weighted by Crippen LogP contribution is 2.14. The number of nitrogens with two attached hydrogens (primary N) is 1. The maximum atomic E-state index is 12.4. The monoisotopic (exact) mass is 303 g/mol. The lowest BCUT2D eigenvalue weighted by molar-refractivity contribution is 0.0935. The summed E-state index contributed by atoms with van der Waals surface area (Å²) in [6, 6.07) is 8.06. The maximum absolute atomic E-state index is 12.4. The Morgan fingerprint density at radius 2 is 2.14 bits per heavy atom. The first-order chi connectivity index (χ1) is 10.7. The van der Waals surface area contributed by atoms with Crippen LogP contribution in [0.4, 0.5) is 0 Å². The van der Waals surface area contributed by atoms with E-state index in [-0.39, 0.29) is 11.9 Å². The summed E-state index contributed by atoms with van der Waals surface area (Å²) in [6.07, 6.45) is 5.74. The van der Waals surface area contributed by atoms with Crippen LogP contribution in [0.2, 0.25) is 0 Å². The molecule has 1 fully saturated rings. The van der Waals surface area contributed by atoms with Gasteiger partial charge in [0.1, 0.15) is 0 Å². The molecule has 1 aliphatic rings. The van der Waals surface area contributed by atoms with E-state index in [2.05, 4.69) is 23.2 Å². The standard InChI is InChI=1S/C18H29N3O/c1-2-3-9-17(13-19)20-18(22)16-8-6-7-15(12-16)14-21-10-4-5-11-21/h6-8,12,17H,2-5,9-11,13-14,19H2,1H3,(H,20,22). The molecule has 122 valence electrons. The minimum absolute atomic E-state index is 0.00479. The lowest BCUT2D eigenvalue weighted by Crippen LogP contribution is -2.40. The van der Waals surface area contributed by atoms with Gasteiger partial charge in [0.25, 0.3) is 5.91 Å². The van der Waals surface area contributed by atoms with E-state index in [1.54, 1.807) is 0 Å². The predicted octanol–water partition coefficient (Wildman–Crippen LogP) is 2.53. The number of hydrogen-bond acceptors (Lipinski definition) is 3. The van der Waals surface area contributed by atoms with Gasteiger partial charge in [0.15, 0.2) is 0 Å². The normalized spacial score (nSPS) is 16.6. The van der Waals surface area contributed by atoms with E-state index in [0.717, 1.165) is 31.4 Å². The summed E-state index contributed by atoms with van der Waals surface area (Å²) in [5.74, 6) is -0.00479. The fourth-order valence-electron chi connectivity index (χ4n) is 2.98. The Morgan fingerprint density at radius 1 is 1.36 bits per heavy atom. The number of nitrogens with zero attached hydrogens (tertiary/aromatic N) is 1. The molecule has 1 aliphatic heterocycles. The summed E-state index contributed by atoms with van der Waals surface area (Å²) in [4.78, 5) is 14.8. The molecule has 4 heteroatoms. The van der Waals surface area contributed by atoms with Gasteiger partial charge in [-0.1, -0.05) is 31.9 Å². The Labute approximate surface area is 134 Å². The highest BCUT2D eigenvalue weighted by atomic mass is 16.1. The van der Waals surface area contributed by atoms with E-state index in [9.17, 15) is 4.79 Å². The predicted molar refractivity (Wildman–Crippen MR) is 90.8 cm³/mol. The van der Waals surface area contributed by atoms with Crippen molar-refractivity contribution < 1.29 is 4.79 Å². The third-order valence-electron chi connectivity index (χ3n) is 4.32. The molecule has 0 saturated carbocycles. The molecule has 0 bridgehead atoms. The summed E-state index contributed by atoms with van der Waals surface area (Å²) >= 11 is 0. The van der Waals surface area contributed by atoms with Gasteiger partial charge in [-0.15, -0.1) is 0 Å². The Kier molecular flexibility index (Phi) is 6.87. The van der Waals surface area contributed by atoms with Crippen molar-refractivity contribution in [2.75, 3.05) is 19.6 Å².